The molecule has 0 aliphatic carbocycles. The van der Waals surface area contributed by atoms with Gasteiger partial charge in [0.1, 0.15) is 5.75 Å². The fourth-order valence-corrected chi connectivity index (χ4v) is 6.11. The number of anilines is 1. The van der Waals surface area contributed by atoms with Gasteiger partial charge in [-0.15, -0.1) is 0 Å². The highest BCUT2D eigenvalue weighted by Crippen LogP contribution is 2.37. The third kappa shape index (κ3) is 5.68. The molecule has 0 radical (unpaired) electrons. The molecule has 0 aromatic heterocycles. The predicted molar refractivity (Wildman–Crippen MR) is 126 cm³/mol. The van der Waals surface area contributed by atoms with E-state index in [2.05, 4.69) is 73.1 Å². The molecule has 0 saturated carbocycles. The number of carbonyl (C=O) groups excluding carboxylic acids is 1. The molecule has 5 nitrogen and oxygen atoms in total. The van der Waals surface area contributed by atoms with Crippen LogP contribution in [0.5, 0.6) is 5.75 Å². The first-order valence-electron chi connectivity index (χ1n) is 7.74. The zero-order chi connectivity index (χ0) is 19.3. The van der Waals surface area contributed by atoms with E-state index in [4.69, 9.17) is 4.74 Å². The first-order valence-corrected chi connectivity index (χ1v) is 11.0. The van der Waals surface area contributed by atoms with Gasteiger partial charge >= 0.3 is 5.97 Å². The molecule has 0 saturated heterocycles. The number of hydrogen-bond donors (Lipinski definition) is 2. The van der Waals surface area contributed by atoms with Crippen molar-refractivity contribution >= 4 is 85.3 Å². The molecule has 2 rings (SSSR count). The molecule has 0 bridgehead atoms. The number of carbonyl (C=O) groups is 2. The highest BCUT2D eigenvalue weighted by Gasteiger charge is 2.23. The lowest BCUT2D eigenvalue weighted by atomic mass is 10.1. The molecule has 0 heterocycles. The van der Waals surface area contributed by atoms with Gasteiger partial charge in [0.15, 0.2) is 6.10 Å². The molecule has 2 aromatic carbocycles. The van der Waals surface area contributed by atoms with Gasteiger partial charge in [0, 0.05) is 3.57 Å². The predicted octanol–water partition coefficient (Wildman–Crippen LogP) is 4.92. The van der Waals surface area contributed by atoms with Gasteiger partial charge < -0.3 is 15.2 Å². The summed E-state index contributed by atoms with van der Waals surface area (Å²) in [5.41, 5.74) is 1.57. The lowest BCUT2D eigenvalue weighted by molar-refractivity contribution is -0.145. The number of halogens is 3. The van der Waals surface area contributed by atoms with Gasteiger partial charge in [-0.05, 0) is 85.8 Å². The average molecular weight is 691 g/mol. The molecule has 0 fully saturated rings. The van der Waals surface area contributed by atoms with Crippen molar-refractivity contribution in [2.45, 2.75) is 25.9 Å². The Balaban J connectivity index is 2.26. The van der Waals surface area contributed by atoms with E-state index < -0.39 is 12.1 Å². The number of amides is 1. The van der Waals surface area contributed by atoms with E-state index in [1.807, 2.05) is 36.4 Å². The number of ether oxygens (including phenoxy) is 1. The van der Waals surface area contributed by atoms with Crippen LogP contribution in [0.4, 0.5) is 5.69 Å². The Morgan fingerprint density at radius 2 is 1.81 bits per heavy atom. The van der Waals surface area contributed by atoms with Gasteiger partial charge in [-0.1, -0.05) is 37.3 Å². The molecule has 1 amide bonds. The van der Waals surface area contributed by atoms with Crippen molar-refractivity contribution in [2.75, 3.05) is 5.32 Å². The van der Waals surface area contributed by atoms with E-state index in [0.29, 0.717) is 21.4 Å². The van der Waals surface area contributed by atoms with E-state index in [9.17, 15) is 14.7 Å². The van der Waals surface area contributed by atoms with E-state index >= 15 is 0 Å². The Labute approximate surface area is 192 Å². The SMILES string of the molecule is CCC(Oc1c(I)cc(I)c(NC(=O)Cc2ccccc2)c1I)C(=O)O. The molecular formula is C18H16I3NO4. The zero-order valence-corrected chi connectivity index (χ0v) is 20.2. The van der Waals surface area contributed by atoms with E-state index in [1.54, 1.807) is 6.92 Å². The van der Waals surface area contributed by atoms with E-state index in [-0.39, 0.29) is 12.3 Å². The molecule has 1 atom stereocenters. The molecule has 0 aliphatic heterocycles. The average Bonchev–Trinajstić information content (AvgIpc) is 2.59. The summed E-state index contributed by atoms with van der Waals surface area (Å²) in [6.07, 6.45) is -0.310. The number of carboxylic acid groups (broad SMARTS) is 1. The Morgan fingerprint density at radius 3 is 2.38 bits per heavy atom. The van der Waals surface area contributed by atoms with Crippen LogP contribution in [0.1, 0.15) is 18.9 Å². The number of hydrogen-bond acceptors (Lipinski definition) is 3. The second-order valence-electron chi connectivity index (χ2n) is 5.42. The minimum Gasteiger partial charge on any atom is -0.479 e. The van der Waals surface area contributed by atoms with Crippen LogP contribution in [0.2, 0.25) is 0 Å². The number of benzene rings is 2. The zero-order valence-electron chi connectivity index (χ0n) is 13.8. The van der Waals surface area contributed by atoms with Gasteiger partial charge in [0.25, 0.3) is 0 Å². The summed E-state index contributed by atoms with van der Waals surface area (Å²) in [6.45, 7) is 1.76. The van der Waals surface area contributed by atoms with E-state index in [0.717, 1.165) is 12.7 Å². The molecule has 2 aromatic rings. The third-order valence-corrected chi connectivity index (χ3v) is 6.19. The number of rotatable bonds is 7. The molecule has 1 unspecified atom stereocenters. The van der Waals surface area contributed by atoms with Crippen LogP contribution < -0.4 is 10.1 Å². The smallest absolute Gasteiger partial charge is 0.344 e. The van der Waals surface area contributed by atoms with Crippen molar-refractivity contribution < 1.29 is 19.4 Å². The largest absolute Gasteiger partial charge is 0.479 e. The Bertz CT molecular complexity index is 812. The summed E-state index contributed by atoms with van der Waals surface area (Å²) in [4.78, 5) is 23.7. The summed E-state index contributed by atoms with van der Waals surface area (Å²) in [6, 6.07) is 11.4. The summed E-state index contributed by atoms with van der Waals surface area (Å²) in [7, 11) is 0. The topological polar surface area (TPSA) is 75.6 Å². The van der Waals surface area contributed by atoms with Crippen molar-refractivity contribution in [3.8, 4) is 5.75 Å². The molecule has 8 heteroatoms. The molecule has 138 valence electrons. The standard InChI is InChI=1S/C18H16I3NO4/c1-2-13(18(24)25)26-17-12(20)9-11(19)16(15(17)21)22-14(23)8-10-6-4-3-5-7-10/h3-7,9,13H,2,8H2,1H3,(H,22,23)(H,24,25). The first-order chi connectivity index (χ1) is 12.3. The molecule has 0 aliphatic rings. The molecular weight excluding hydrogens is 675 g/mol. The maximum Gasteiger partial charge on any atom is 0.344 e. The minimum atomic E-state index is -1.01. The van der Waals surface area contributed by atoms with Crippen LogP contribution >= 0.6 is 67.8 Å². The quantitative estimate of drug-likeness (QED) is 0.405. The number of nitrogens with one attached hydrogen (secondary N) is 1. The van der Waals surface area contributed by atoms with Crippen LogP contribution in [-0.4, -0.2) is 23.1 Å². The minimum absolute atomic E-state index is 0.135. The number of carboxylic acids is 1. The lowest BCUT2D eigenvalue weighted by Gasteiger charge is -2.19. The van der Waals surface area contributed by atoms with Crippen LogP contribution in [0.3, 0.4) is 0 Å². The van der Waals surface area contributed by atoms with Gasteiger partial charge in [-0.3, -0.25) is 4.79 Å². The van der Waals surface area contributed by atoms with Gasteiger partial charge in [0.05, 0.1) is 19.2 Å². The highest BCUT2D eigenvalue weighted by atomic mass is 127. The fourth-order valence-electron chi connectivity index (χ4n) is 2.21. The second kappa shape index (κ2) is 10.1. The monoisotopic (exact) mass is 691 g/mol. The van der Waals surface area contributed by atoms with Crippen LogP contribution in [0, 0.1) is 10.7 Å². The Morgan fingerprint density at radius 1 is 1.15 bits per heavy atom. The first kappa shape index (κ1) is 21.7. The van der Waals surface area contributed by atoms with Crippen molar-refractivity contribution in [1.29, 1.82) is 0 Å². The Kier molecular flexibility index (Phi) is 8.39. The van der Waals surface area contributed by atoms with Gasteiger partial charge in [-0.25, -0.2) is 4.79 Å². The maximum absolute atomic E-state index is 12.4. The van der Waals surface area contributed by atoms with Crippen molar-refractivity contribution in [3.05, 3.63) is 52.7 Å². The van der Waals surface area contributed by atoms with Crippen LogP contribution in [0.15, 0.2) is 36.4 Å². The lowest BCUT2D eigenvalue weighted by Crippen LogP contribution is -2.27. The molecule has 2 N–H and O–H groups in total. The Hall–Kier alpha value is -0.630. The summed E-state index contributed by atoms with van der Waals surface area (Å²) < 4.78 is 8.08. The third-order valence-electron chi connectivity index (χ3n) is 3.51. The van der Waals surface area contributed by atoms with Crippen molar-refractivity contribution in [2.24, 2.45) is 0 Å². The van der Waals surface area contributed by atoms with Gasteiger partial charge in [-0.2, -0.15) is 0 Å². The second-order valence-corrected chi connectivity index (χ2v) is 8.82. The summed E-state index contributed by atoms with van der Waals surface area (Å²) in [5.74, 6) is -0.660. The summed E-state index contributed by atoms with van der Waals surface area (Å²) in [5, 5.41) is 12.2. The van der Waals surface area contributed by atoms with E-state index in [1.165, 1.54) is 0 Å². The van der Waals surface area contributed by atoms with Crippen molar-refractivity contribution in [3.63, 3.8) is 0 Å². The fraction of sp³-hybridized carbons (Fsp3) is 0.222. The highest BCUT2D eigenvalue weighted by molar-refractivity contribution is 14.1. The normalized spacial score (nSPS) is 11.7. The van der Waals surface area contributed by atoms with Gasteiger partial charge in [0.2, 0.25) is 5.91 Å². The van der Waals surface area contributed by atoms with Crippen LogP contribution in [0.25, 0.3) is 0 Å². The molecule has 26 heavy (non-hydrogen) atoms. The number of aliphatic carboxylic acids is 1. The maximum atomic E-state index is 12.4. The van der Waals surface area contributed by atoms with Crippen molar-refractivity contribution in [1.82, 2.24) is 0 Å². The van der Waals surface area contributed by atoms with Crippen LogP contribution in [-0.2, 0) is 16.0 Å². The molecule has 0 spiro atoms. The summed E-state index contributed by atoms with van der Waals surface area (Å²) >= 11 is 6.35.